The summed E-state index contributed by atoms with van der Waals surface area (Å²) in [5.74, 6) is -0.780. The molecule has 0 aliphatic carbocycles. The van der Waals surface area contributed by atoms with Crippen LogP contribution in [0.15, 0.2) is 18.2 Å². The molecule has 9 heteroatoms. The van der Waals surface area contributed by atoms with Gasteiger partial charge >= 0.3 is 5.97 Å². The van der Waals surface area contributed by atoms with Crippen LogP contribution in [-0.4, -0.2) is 63.1 Å². The molecule has 0 radical (unpaired) electrons. The monoisotopic (exact) mass is 413 g/mol. The van der Waals surface area contributed by atoms with Crippen LogP contribution in [-0.2, 0) is 19.1 Å². The number of carbonyl (C=O) groups excluding carboxylic acids is 3. The van der Waals surface area contributed by atoms with Gasteiger partial charge in [0.05, 0.1) is 33.0 Å². The molecule has 0 aliphatic heterocycles. The Bertz CT molecular complexity index is 698. The van der Waals surface area contributed by atoms with Crippen molar-refractivity contribution in [2.24, 2.45) is 5.92 Å². The lowest BCUT2D eigenvalue weighted by Crippen LogP contribution is -2.49. The standard InChI is InChI=1S/C19H28ClN3O5/c1-6-12(2)18(19(26)28-5)22-17(25)11-23(3)10-16(24)21-14-9-13(20)7-8-15(14)27-4/h7-9,12,18H,6,10-11H2,1-5H3,(H,21,24)(H,22,25)/t12-,18-/m0/s1. The van der Waals surface area contributed by atoms with Crippen molar-refractivity contribution in [3.8, 4) is 5.75 Å². The Balaban J connectivity index is 2.62. The molecule has 2 atom stereocenters. The lowest BCUT2D eigenvalue weighted by Gasteiger charge is -2.23. The van der Waals surface area contributed by atoms with Crippen LogP contribution in [0.25, 0.3) is 0 Å². The minimum atomic E-state index is -0.722. The first kappa shape index (κ1) is 23.7. The van der Waals surface area contributed by atoms with E-state index in [4.69, 9.17) is 21.1 Å². The predicted octanol–water partition coefficient (Wildman–Crippen LogP) is 1.92. The zero-order valence-electron chi connectivity index (χ0n) is 16.9. The van der Waals surface area contributed by atoms with Crippen LogP contribution in [0.1, 0.15) is 20.3 Å². The third kappa shape index (κ3) is 7.36. The highest BCUT2D eigenvalue weighted by Crippen LogP contribution is 2.27. The Kier molecular flexibility index (Phi) is 9.75. The number of anilines is 1. The van der Waals surface area contributed by atoms with Gasteiger partial charge in [-0.05, 0) is 31.2 Å². The van der Waals surface area contributed by atoms with Crippen molar-refractivity contribution in [3.63, 3.8) is 0 Å². The third-order valence-corrected chi connectivity index (χ3v) is 4.48. The molecule has 28 heavy (non-hydrogen) atoms. The number of hydrogen-bond donors (Lipinski definition) is 2. The van der Waals surface area contributed by atoms with Gasteiger partial charge in [0.25, 0.3) is 0 Å². The quantitative estimate of drug-likeness (QED) is 0.569. The number of amides is 2. The topological polar surface area (TPSA) is 97.0 Å². The highest BCUT2D eigenvalue weighted by molar-refractivity contribution is 6.31. The van der Waals surface area contributed by atoms with Crippen LogP contribution < -0.4 is 15.4 Å². The van der Waals surface area contributed by atoms with Crippen LogP contribution in [0.4, 0.5) is 5.69 Å². The summed E-state index contributed by atoms with van der Waals surface area (Å²) in [6.45, 7) is 3.70. The first-order chi connectivity index (χ1) is 13.2. The number of nitrogens with one attached hydrogen (secondary N) is 2. The number of esters is 1. The molecule has 2 amide bonds. The Morgan fingerprint density at radius 2 is 1.82 bits per heavy atom. The molecular formula is C19H28ClN3O5. The van der Waals surface area contributed by atoms with Gasteiger partial charge in [-0.2, -0.15) is 0 Å². The molecule has 156 valence electrons. The first-order valence-corrected chi connectivity index (χ1v) is 9.28. The molecule has 0 spiro atoms. The van der Waals surface area contributed by atoms with E-state index in [0.717, 1.165) is 0 Å². The molecule has 2 N–H and O–H groups in total. The number of rotatable bonds is 10. The van der Waals surface area contributed by atoms with Crippen LogP contribution in [0, 0.1) is 5.92 Å². The fourth-order valence-corrected chi connectivity index (χ4v) is 2.70. The summed E-state index contributed by atoms with van der Waals surface area (Å²) >= 11 is 5.95. The van der Waals surface area contributed by atoms with Gasteiger partial charge in [-0.1, -0.05) is 31.9 Å². The van der Waals surface area contributed by atoms with Gasteiger partial charge in [0, 0.05) is 5.02 Å². The summed E-state index contributed by atoms with van der Waals surface area (Å²) in [6, 6.07) is 4.16. The van der Waals surface area contributed by atoms with E-state index in [1.807, 2.05) is 13.8 Å². The smallest absolute Gasteiger partial charge is 0.328 e. The zero-order valence-corrected chi connectivity index (χ0v) is 17.6. The Labute approximate surface area is 170 Å². The summed E-state index contributed by atoms with van der Waals surface area (Å²) in [6.07, 6.45) is 0.708. The van der Waals surface area contributed by atoms with Crippen LogP contribution in [0.2, 0.25) is 5.02 Å². The summed E-state index contributed by atoms with van der Waals surface area (Å²) < 4.78 is 9.94. The van der Waals surface area contributed by atoms with Gasteiger partial charge in [-0.15, -0.1) is 0 Å². The molecule has 0 aromatic heterocycles. The number of nitrogens with zero attached hydrogens (tertiary/aromatic N) is 1. The minimum Gasteiger partial charge on any atom is -0.495 e. The maximum absolute atomic E-state index is 12.3. The van der Waals surface area contributed by atoms with E-state index in [1.165, 1.54) is 19.1 Å². The molecule has 8 nitrogen and oxygen atoms in total. The van der Waals surface area contributed by atoms with Gasteiger partial charge in [0.15, 0.2) is 0 Å². The number of hydrogen-bond acceptors (Lipinski definition) is 6. The molecule has 0 saturated heterocycles. The average Bonchev–Trinajstić information content (AvgIpc) is 2.64. The summed E-state index contributed by atoms with van der Waals surface area (Å²) in [5.41, 5.74) is 0.445. The summed E-state index contributed by atoms with van der Waals surface area (Å²) in [4.78, 5) is 37.9. The predicted molar refractivity (Wildman–Crippen MR) is 108 cm³/mol. The fourth-order valence-electron chi connectivity index (χ4n) is 2.53. The SMILES string of the molecule is CC[C@H](C)[C@H](NC(=O)CN(C)CC(=O)Nc1cc(Cl)ccc1OC)C(=O)OC. The van der Waals surface area contributed by atoms with E-state index >= 15 is 0 Å². The van der Waals surface area contributed by atoms with Gasteiger partial charge in [-0.3, -0.25) is 14.5 Å². The van der Waals surface area contributed by atoms with Gasteiger partial charge in [0.1, 0.15) is 11.8 Å². The molecule has 1 aromatic rings. The van der Waals surface area contributed by atoms with E-state index < -0.39 is 12.0 Å². The molecule has 0 bridgehead atoms. The molecule has 0 heterocycles. The maximum Gasteiger partial charge on any atom is 0.328 e. The summed E-state index contributed by atoms with van der Waals surface area (Å²) in [7, 11) is 4.40. The maximum atomic E-state index is 12.3. The number of benzene rings is 1. The second-order valence-corrected chi connectivity index (χ2v) is 6.96. The van der Waals surface area contributed by atoms with Gasteiger partial charge in [-0.25, -0.2) is 4.79 Å². The molecule has 0 aliphatic rings. The highest BCUT2D eigenvalue weighted by Gasteiger charge is 2.27. The molecular weight excluding hydrogens is 386 g/mol. The first-order valence-electron chi connectivity index (χ1n) is 8.90. The van der Waals surface area contributed by atoms with E-state index in [2.05, 4.69) is 10.6 Å². The zero-order chi connectivity index (χ0) is 21.3. The van der Waals surface area contributed by atoms with Crippen molar-refractivity contribution >= 4 is 35.1 Å². The van der Waals surface area contributed by atoms with Crippen molar-refractivity contribution < 1.29 is 23.9 Å². The van der Waals surface area contributed by atoms with E-state index in [1.54, 1.807) is 25.2 Å². The normalized spacial score (nSPS) is 12.8. The third-order valence-electron chi connectivity index (χ3n) is 4.25. The lowest BCUT2D eigenvalue weighted by atomic mass is 9.99. The number of ether oxygens (including phenoxy) is 2. The molecule has 0 fully saturated rings. The number of likely N-dealkylation sites (N-methyl/N-ethyl adjacent to an activating group) is 1. The number of methoxy groups -OCH3 is 2. The largest absolute Gasteiger partial charge is 0.495 e. The molecule has 0 saturated carbocycles. The molecule has 0 unspecified atom stereocenters. The van der Waals surface area contributed by atoms with E-state index in [9.17, 15) is 14.4 Å². The van der Waals surface area contributed by atoms with Crippen LogP contribution in [0.5, 0.6) is 5.75 Å². The molecule has 1 aromatic carbocycles. The van der Waals surface area contributed by atoms with E-state index in [-0.39, 0.29) is 30.8 Å². The Morgan fingerprint density at radius 3 is 2.39 bits per heavy atom. The average molecular weight is 414 g/mol. The number of halogens is 1. The van der Waals surface area contributed by atoms with Crippen molar-refractivity contribution in [2.75, 3.05) is 39.7 Å². The van der Waals surface area contributed by atoms with Crippen LogP contribution in [0.3, 0.4) is 0 Å². The Hall–Kier alpha value is -2.32. The van der Waals surface area contributed by atoms with Crippen molar-refractivity contribution in [2.45, 2.75) is 26.3 Å². The van der Waals surface area contributed by atoms with Crippen molar-refractivity contribution in [3.05, 3.63) is 23.2 Å². The van der Waals surface area contributed by atoms with Gasteiger partial charge < -0.3 is 20.1 Å². The van der Waals surface area contributed by atoms with Crippen molar-refractivity contribution in [1.29, 1.82) is 0 Å². The Morgan fingerprint density at radius 1 is 1.18 bits per heavy atom. The minimum absolute atomic E-state index is 0.0324. The highest BCUT2D eigenvalue weighted by atomic mass is 35.5. The second-order valence-electron chi connectivity index (χ2n) is 6.52. The number of carbonyl (C=O) groups is 3. The van der Waals surface area contributed by atoms with E-state index in [0.29, 0.717) is 22.9 Å². The fraction of sp³-hybridized carbons (Fsp3) is 0.526. The molecule has 1 rings (SSSR count). The van der Waals surface area contributed by atoms with Crippen LogP contribution >= 0.6 is 11.6 Å². The summed E-state index contributed by atoms with van der Waals surface area (Å²) in [5, 5.41) is 5.84. The second kappa shape index (κ2) is 11.5. The van der Waals surface area contributed by atoms with Gasteiger partial charge in [0.2, 0.25) is 11.8 Å². The van der Waals surface area contributed by atoms with Crippen molar-refractivity contribution in [1.82, 2.24) is 10.2 Å². The lowest BCUT2D eigenvalue weighted by molar-refractivity contribution is -0.146.